The Morgan fingerprint density at radius 1 is 1.38 bits per heavy atom. The predicted molar refractivity (Wildman–Crippen MR) is 53.9 cm³/mol. The zero-order chi connectivity index (χ0) is 10.1. The molecule has 0 aliphatic heterocycles. The molecule has 0 spiro atoms. The minimum absolute atomic E-state index is 0.365. The van der Waals surface area contributed by atoms with Crippen LogP contribution in [0.2, 0.25) is 0 Å². The van der Waals surface area contributed by atoms with Crippen molar-refractivity contribution in [2.45, 2.75) is 30.4 Å². The molecule has 1 rings (SSSR count). The van der Waals surface area contributed by atoms with Gasteiger partial charge in [-0.25, -0.2) is 8.42 Å². The van der Waals surface area contributed by atoms with Crippen LogP contribution in [0.4, 0.5) is 0 Å². The van der Waals surface area contributed by atoms with Gasteiger partial charge in [0.15, 0.2) is 9.84 Å². The van der Waals surface area contributed by atoms with Gasteiger partial charge >= 0.3 is 0 Å². The molecule has 0 heterocycles. The van der Waals surface area contributed by atoms with Gasteiger partial charge in [0.25, 0.3) is 0 Å². The average Bonchev–Trinajstić information content (AvgIpc) is 2.05. The molecule has 0 fully saturated rings. The van der Waals surface area contributed by atoms with Crippen molar-refractivity contribution in [3.63, 3.8) is 0 Å². The largest absolute Gasteiger partial charge is 0.309 e. The van der Waals surface area contributed by atoms with Crippen molar-refractivity contribution in [3.8, 4) is 0 Å². The Labute approximate surface area is 79.2 Å². The summed E-state index contributed by atoms with van der Waals surface area (Å²) in [6, 6.07) is 0. The van der Waals surface area contributed by atoms with Crippen LogP contribution in [0.15, 0.2) is 24.3 Å². The second kappa shape index (κ2) is 3.27. The molecule has 1 aliphatic carbocycles. The van der Waals surface area contributed by atoms with E-state index in [9.17, 15) is 8.42 Å². The van der Waals surface area contributed by atoms with Gasteiger partial charge in [0, 0.05) is 6.42 Å². The first-order valence-electron chi connectivity index (χ1n) is 4.27. The maximum Gasteiger partial charge on any atom is 0.175 e. The fourth-order valence-corrected chi connectivity index (χ4v) is 2.74. The van der Waals surface area contributed by atoms with E-state index >= 15 is 0 Å². The molecule has 3 nitrogen and oxygen atoms in total. The second-order valence-corrected chi connectivity index (χ2v) is 6.33. The number of allylic oxidation sites excluding steroid dienone is 2. The van der Waals surface area contributed by atoms with E-state index < -0.39 is 20.0 Å². The van der Waals surface area contributed by atoms with Crippen LogP contribution in [0.3, 0.4) is 0 Å². The molecular weight excluding hydrogens is 186 g/mol. The SMILES string of the molecule is CC(C)S(=O)(=O)C1(N)C=CC=CC1. The van der Waals surface area contributed by atoms with Gasteiger partial charge in [-0.15, -0.1) is 0 Å². The van der Waals surface area contributed by atoms with E-state index in [0.717, 1.165) is 0 Å². The van der Waals surface area contributed by atoms with Crippen LogP contribution in [-0.4, -0.2) is 18.5 Å². The Bertz CT molecular complexity index is 341. The van der Waals surface area contributed by atoms with Crippen LogP contribution in [-0.2, 0) is 9.84 Å². The molecule has 1 atom stereocenters. The smallest absolute Gasteiger partial charge is 0.175 e. The van der Waals surface area contributed by atoms with Crippen molar-refractivity contribution in [1.29, 1.82) is 0 Å². The van der Waals surface area contributed by atoms with Crippen LogP contribution >= 0.6 is 0 Å². The van der Waals surface area contributed by atoms with Gasteiger partial charge < -0.3 is 5.73 Å². The average molecular weight is 201 g/mol. The standard InChI is InChI=1S/C9H15NO2S/c1-8(2)13(11,12)9(10)6-4-3-5-7-9/h3-6,8H,7,10H2,1-2H3. The Morgan fingerprint density at radius 3 is 2.38 bits per heavy atom. The van der Waals surface area contributed by atoms with Gasteiger partial charge in [0.05, 0.1) is 5.25 Å². The van der Waals surface area contributed by atoms with Gasteiger partial charge in [0.1, 0.15) is 4.87 Å². The van der Waals surface area contributed by atoms with E-state index in [0.29, 0.717) is 6.42 Å². The van der Waals surface area contributed by atoms with Crippen LogP contribution in [0.5, 0.6) is 0 Å². The monoisotopic (exact) mass is 201 g/mol. The van der Waals surface area contributed by atoms with E-state index in [-0.39, 0.29) is 0 Å². The summed E-state index contributed by atoms with van der Waals surface area (Å²) in [5.74, 6) is 0. The van der Waals surface area contributed by atoms with Gasteiger partial charge in [-0.05, 0) is 19.9 Å². The Balaban J connectivity index is 3.07. The number of hydrogen-bond donors (Lipinski definition) is 1. The lowest BCUT2D eigenvalue weighted by Gasteiger charge is -2.28. The highest BCUT2D eigenvalue weighted by atomic mass is 32.2. The Hall–Kier alpha value is -0.610. The number of rotatable bonds is 2. The van der Waals surface area contributed by atoms with Gasteiger partial charge in [-0.2, -0.15) is 0 Å². The fourth-order valence-electron chi connectivity index (χ4n) is 1.27. The van der Waals surface area contributed by atoms with E-state index in [2.05, 4.69) is 0 Å². The minimum Gasteiger partial charge on any atom is -0.309 e. The first-order valence-corrected chi connectivity index (χ1v) is 5.81. The summed E-state index contributed by atoms with van der Waals surface area (Å²) < 4.78 is 23.6. The molecule has 0 aromatic carbocycles. The summed E-state index contributed by atoms with van der Waals surface area (Å²) in [5, 5.41) is -0.436. The third kappa shape index (κ3) is 1.69. The first-order chi connectivity index (χ1) is 5.90. The molecule has 0 saturated heterocycles. The minimum atomic E-state index is -3.26. The van der Waals surface area contributed by atoms with E-state index in [1.807, 2.05) is 0 Å². The lowest BCUT2D eigenvalue weighted by atomic mass is 10.1. The summed E-state index contributed by atoms with van der Waals surface area (Å²) in [4.78, 5) is -1.20. The van der Waals surface area contributed by atoms with E-state index in [4.69, 9.17) is 5.73 Å². The van der Waals surface area contributed by atoms with Crippen molar-refractivity contribution >= 4 is 9.84 Å². The number of nitrogens with two attached hydrogens (primary N) is 1. The third-order valence-electron chi connectivity index (χ3n) is 2.21. The Kier molecular flexibility index (Phi) is 2.63. The summed E-state index contributed by atoms with van der Waals surface area (Å²) in [6.07, 6.45) is 7.19. The number of sulfone groups is 1. The van der Waals surface area contributed by atoms with Crippen molar-refractivity contribution < 1.29 is 8.42 Å². The second-order valence-electron chi connectivity index (χ2n) is 3.54. The molecule has 1 unspecified atom stereocenters. The molecule has 13 heavy (non-hydrogen) atoms. The molecule has 0 amide bonds. The van der Waals surface area contributed by atoms with Crippen LogP contribution in [0.1, 0.15) is 20.3 Å². The van der Waals surface area contributed by atoms with Crippen LogP contribution in [0, 0.1) is 0 Å². The highest BCUT2D eigenvalue weighted by Gasteiger charge is 2.39. The number of hydrogen-bond acceptors (Lipinski definition) is 3. The molecule has 0 bridgehead atoms. The van der Waals surface area contributed by atoms with Crippen LogP contribution in [0.25, 0.3) is 0 Å². The summed E-state index contributed by atoms with van der Waals surface area (Å²) in [5.41, 5.74) is 5.81. The molecule has 0 saturated carbocycles. The van der Waals surface area contributed by atoms with Gasteiger partial charge in [-0.3, -0.25) is 0 Å². The predicted octanol–water partition coefficient (Wildman–Crippen LogP) is 0.981. The molecule has 4 heteroatoms. The molecule has 0 aromatic rings. The molecule has 0 radical (unpaired) electrons. The van der Waals surface area contributed by atoms with E-state index in [1.54, 1.807) is 38.2 Å². The fraction of sp³-hybridized carbons (Fsp3) is 0.556. The summed E-state index contributed by atoms with van der Waals surface area (Å²) in [7, 11) is -3.26. The third-order valence-corrected chi connectivity index (χ3v) is 4.82. The summed E-state index contributed by atoms with van der Waals surface area (Å²) in [6.45, 7) is 3.30. The maximum atomic E-state index is 11.8. The summed E-state index contributed by atoms with van der Waals surface area (Å²) >= 11 is 0. The first kappa shape index (κ1) is 10.5. The molecular formula is C9H15NO2S. The lowest BCUT2D eigenvalue weighted by molar-refractivity contribution is 0.546. The van der Waals surface area contributed by atoms with E-state index in [1.165, 1.54) is 0 Å². The zero-order valence-electron chi connectivity index (χ0n) is 7.90. The van der Waals surface area contributed by atoms with Crippen molar-refractivity contribution in [2.75, 3.05) is 0 Å². The Morgan fingerprint density at radius 2 is 2.00 bits per heavy atom. The van der Waals surface area contributed by atoms with Gasteiger partial charge in [0.2, 0.25) is 0 Å². The molecule has 74 valence electrons. The van der Waals surface area contributed by atoms with Crippen molar-refractivity contribution in [2.24, 2.45) is 5.73 Å². The maximum absolute atomic E-state index is 11.8. The molecule has 0 aromatic heterocycles. The molecule has 2 N–H and O–H groups in total. The lowest BCUT2D eigenvalue weighted by Crippen LogP contribution is -2.49. The highest BCUT2D eigenvalue weighted by Crippen LogP contribution is 2.25. The molecule has 1 aliphatic rings. The van der Waals surface area contributed by atoms with Crippen molar-refractivity contribution in [3.05, 3.63) is 24.3 Å². The highest BCUT2D eigenvalue weighted by molar-refractivity contribution is 7.93. The van der Waals surface area contributed by atoms with Crippen molar-refractivity contribution in [1.82, 2.24) is 0 Å². The topological polar surface area (TPSA) is 60.2 Å². The quantitative estimate of drug-likeness (QED) is 0.724. The van der Waals surface area contributed by atoms with Gasteiger partial charge in [-0.1, -0.05) is 18.2 Å². The normalized spacial score (nSPS) is 28.3. The zero-order valence-corrected chi connectivity index (χ0v) is 8.71. The van der Waals surface area contributed by atoms with Crippen LogP contribution < -0.4 is 5.73 Å².